The standard InChI is InChI=1S/C28H34N2O5/c1-2-7-19(12-13-25(31)30-28(15-16-28)26(32)33)14-17-29-27(34)35-18-24-22-10-5-3-8-20(22)21-9-4-6-11-23(21)24/h3-6,8-11,19,24H,2,7,12-18H2,1H3,(H,29,34)(H,30,31)(H,32,33). The highest BCUT2D eigenvalue weighted by molar-refractivity contribution is 5.89. The average molecular weight is 479 g/mol. The Labute approximate surface area is 206 Å². The van der Waals surface area contributed by atoms with Crippen molar-refractivity contribution in [3.8, 4) is 11.1 Å². The second kappa shape index (κ2) is 10.9. The van der Waals surface area contributed by atoms with Crippen LogP contribution in [0.3, 0.4) is 0 Å². The molecule has 2 aliphatic rings. The summed E-state index contributed by atoms with van der Waals surface area (Å²) in [5, 5.41) is 14.7. The molecular weight excluding hydrogens is 444 g/mol. The van der Waals surface area contributed by atoms with Crippen LogP contribution in [0.5, 0.6) is 0 Å². The van der Waals surface area contributed by atoms with Crippen LogP contribution in [0.1, 0.15) is 68.9 Å². The van der Waals surface area contributed by atoms with E-state index >= 15 is 0 Å². The number of rotatable bonds is 12. The summed E-state index contributed by atoms with van der Waals surface area (Å²) in [7, 11) is 0. The molecule has 0 heterocycles. The number of hydrogen-bond acceptors (Lipinski definition) is 4. The van der Waals surface area contributed by atoms with Gasteiger partial charge in [0.25, 0.3) is 0 Å². The lowest BCUT2D eigenvalue weighted by Gasteiger charge is -2.18. The molecule has 2 aromatic carbocycles. The highest BCUT2D eigenvalue weighted by Gasteiger charge is 2.51. The van der Waals surface area contributed by atoms with E-state index < -0.39 is 17.6 Å². The van der Waals surface area contributed by atoms with Gasteiger partial charge >= 0.3 is 12.1 Å². The summed E-state index contributed by atoms with van der Waals surface area (Å²) >= 11 is 0. The van der Waals surface area contributed by atoms with Gasteiger partial charge in [0, 0.05) is 18.9 Å². The van der Waals surface area contributed by atoms with Crippen LogP contribution in [-0.2, 0) is 14.3 Å². The Balaban J connectivity index is 1.21. The van der Waals surface area contributed by atoms with Gasteiger partial charge in [-0.05, 0) is 53.9 Å². The minimum absolute atomic E-state index is 0.0278. The van der Waals surface area contributed by atoms with E-state index in [4.69, 9.17) is 4.74 Å². The van der Waals surface area contributed by atoms with Gasteiger partial charge in [-0.3, -0.25) is 4.79 Å². The lowest BCUT2D eigenvalue weighted by Crippen LogP contribution is -2.43. The Morgan fingerprint density at radius 2 is 1.63 bits per heavy atom. The lowest BCUT2D eigenvalue weighted by atomic mass is 9.94. The minimum Gasteiger partial charge on any atom is -0.480 e. The highest BCUT2D eigenvalue weighted by Crippen LogP contribution is 2.44. The molecule has 0 aliphatic heterocycles. The second-order valence-corrected chi connectivity index (χ2v) is 9.67. The average Bonchev–Trinajstić information content (AvgIpc) is 3.57. The van der Waals surface area contributed by atoms with E-state index in [0.29, 0.717) is 32.2 Å². The van der Waals surface area contributed by atoms with E-state index in [0.717, 1.165) is 19.3 Å². The zero-order chi connectivity index (χ0) is 24.8. The fourth-order valence-electron chi connectivity index (χ4n) is 5.05. The van der Waals surface area contributed by atoms with Gasteiger partial charge in [-0.25, -0.2) is 9.59 Å². The first-order valence-corrected chi connectivity index (χ1v) is 12.6. The number of alkyl carbamates (subject to hydrolysis) is 1. The molecule has 7 nitrogen and oxygen atoms in total. The van der Waals surface area contributed by atoms with Gasteiger partial charge in [0.05, 0.1) is 0 Å². The van der Waals surface area contributed by atoms with E-state index in [1.807, 2.05) is 24.3 Å². The Morgan fingerprint density at radius 3 is 2.20 bits per heavy atom. The Hall–Kier alpha value is -3.35. The van der Waals surface area contributed by atoms with E-state index in [1.165, 1.54) is 22.3 Å². The molecule has 0 radical (unpaired) electrons. The van der Waals surface area contributed by atoms with Crippen molar-refractivity contribution in [2.45, 2.75) is 63.3 Å². The predicted octanol–water partition coefficient (Wildman–Crippen LogP) is 4.85. The summed E-state index contributed by atoms with van der Waals surface area (Å²) in [5.74, 6) is -0.863. The first-order valence-electron chi connectivity index (χ1n) is 12.6. The molecule has 2 aliphatic carbocycles. The third kappa shape index (κ3) is 5.84. The number of carbonyl (C=O) groups excluding carboxylic acids is 2. The zero-order valence-electron chi connectivity index (χ0n) is 20.2. The van der Waals surface area contributed by atoms with Crippen molar-refractivity contribution < 1.29 is 24.2 Å². The molecule has 0 bridgehead atoms. The van der Waals surface area contributed by atoms with E-state index in [9.17, 15) is 19.5 Å². The largest absolute Gasteiger partial charge is 0.480 e. The molecule has 1 atom stereocenters. The number of amides is 2. The number of ether oxygens (including phenoxy) is 1. The molecule has 0 aromatic heterocycles. The fourth-order valence-corrected chi connectivity index (χ4v) is 5.05. The quantitative estimate of drug-likeness (QED) is 0.405. The monoisotopic (exact) mass is 478 g/mol. The summed E-state index contributed by atoms with van der Waals surface area (Å²) in [5.41, 5.74) is 3.71. The molecule has 0 spiro atoms. The molecule has 35 heavy (non-hydrogen) atoms. The first kappa shape index (κ1) is 24.8. The number of hydrogen-bond donors (Lipinski definition) is 3. The molecule has 186 valence electrons. The van der Waals surface area contributed by atoms with Crippen molar-refractivity contribution in [1.82, 2.24) is 10.6 Å². The molecule has 1 fully saturated rings. The van der Waals surface area contributed by atoms with Crippen LogP contribution in [0.25, 0.3) is 11.1 Å². The van der Waals surface area contributed by atoms with Gasteiger partial charge in [0.15, 0.2) is 0 Å². The van der Waals surface area contributed by atoms with E-state index in [1.54, 1.807) is 0 Å². The van der Waals surface area contributed by atoms with Gasteiger partial charge in [0.2, 0.25) is 5.91 Å². The van der Waals surface area contributed by atoms with Crippen LogP contribution in [0.2, 0.25) is 0 Å². The molecule has 2 aromatic rings. The molecule has 4 rings (SSSR count). The summed E-state index contributed by atoms with van der Waals surface area (Å²) in [6, 6.07) is 16.5. The second-order valence-electron chi connectivity index (χ2n) is 9.67. The molecular formula is C28H34N2O5. The van der Waals surface area contributed by atoms with Gasteiger partial charge in [0.1, 0.15) is 12.1 Å². The van der Waals surface area contributed by atoms with Crippen molar-refractivity contribution >= 4 is 18.0 Å². The number of carboxylic acids is 1. The minimum atomic E-state index is -1.04. The van der Waals surface area contributed by atoms with E-state index in [2.05, 4.69) is 41.8 Å². The Morgan fingerprint density at radius 1 is 1.00 bits per heavy atom. The van der Waals surface area contributed by atoms with Gasteiger partial charge in [-0.2, -0.15) is 0 Å². The third-order valence-corrected chi connectivity index (χ3v) is 7.18. The summed E-state index contributed by atoms with van der Waals surface area (Å²) < 4.78 is 5.59. The third-order valence-electron chi connectivity index (χ3n) is 7.18. The Kier molecular flexibility index (Phi) is 7.73. The van der Waals surface area contributed by atoms with Crippen molar-refractivity contribution in [3.63, 3.8) is 0 Å². The summed E-state index contributed by atoms with van der Waals surface area (Å²) in [6.45, 7) is 2.85. The number of carbonyl (C=O) groups is 3. The van der Waals surface area contributed by atoms with Crippen molar-refractivity contribution in [1.29, 1.82) is 0 Å². The molecule has 2 amide bonds. The number of nitrogens with one attached hydrogen (secondary N) is 2. The normalized spacial score (nSPS) is 16.0. The van der Waals surface area contributed by atoms with E-state index in [-0.39, 0.29) is 24.3 Å². The van der Waals surface area contributed by atoms with Gasteiger partial charge < -0.3 is 20.5 Å². The van der Waals surface area contributed by atoms with Crippen molar-refractivity contribution in [2.24, 2.45) is 5.92 Å². The maximum atomic E-state index is 12.4. The fraction of sp³-hybridized carbons (Fsp3) is 0.464. The van der Waals surface area contributed by atoms with Crippen LogP contribution in [0.4, 0.5) is 4.79 Å². The number of aliphatic carboxylic acids is 1. The van der Waals surface area contributed by atoms with Crippen LogP contribution in [0, 0.1) is 5.92 Å². The SMILES string of the molecule is CCCC(CCNC(=O)OCC1c2ccccc2-c2ccccc21)CCC(=O)NC1(C(=O)O)CC1. The predicted molar refractivity (Wildman–Crippen MR) is 133 cm³/mol. The lowest BCUT2D eigenvalue weighted by molar-refractivity contribution is -0.143. The van der Waals surface area contributed by atoms with Crippen LogP contribution >= 0.6 is 0 Å². The van der Waals surface area contributed by atoms with Crippen molar-refractivity contribution in [2.75, 3.05) is 13.2 Å². The number of fused-ring (bicyclic) bond motifs is 3. The van der Waals surface area contributed by atoms with Gasteiger partial charge in [-0.1, -0.05) is 68.3 Å². The van der Waals surface area contributed by atoms with Crippen LogP contribution < -0.4 is 10.6 Å². The zero-order valence-corrected chi connectivity index (χ0v) is 20.2. The maximum Gasteiger partial charge on any atom is 0.407 e. The number of benzene rings is 2. The smallest absolute Gasteiger partial charge is 0.407 e. The maximum absolute atomic E-state index is 12.4. The van der Waals surface area contributed by atoms with Crippen molar-refractivity contribution in [3.05, 3.63) is 59.7 Å². The molecule has 3 N–H and O–H groups in total. The first-order chi connectivity index (χ1) is 16.9. The molecule has 1 saturated carbocycles. The molecule has 0 saturated heterocycles. The van der Waals surface area contributed by atoms with Crippen LogP contribution in [-0.4, -0.2) is 41.8 Å². The van der Waals surface area contributed by atoms with Crippen LogP contribution in [0.15, 0.2) is 48.5 Å². The topological polar surface area (TPSA) is 105 Å². The molecule has 1 unspecified atom stereocenters. The van der Waals surface area contributed by atoms with Gasteiger partial charge in [-0.15, -0.1) is 0 Å². The molecule has 7 heteroatoms. The summed E-state index contributed by atoms with van der Waals surface area (Å²) in [6.07, 6.45) is 4.20. The Bertz CT molecular complexity index is 1030. The summed E-state index contributed by atoms with van der Waals surface area (Å²) in [4.78, 5) is 35.9. The number of carboxylic acid groups (broad SMARTS) is 1. The highest BCUT2D eigenvalue weighted by atomic mass is 16.5.